The summed E-state index contributed by atoms with van der Waals surface area (Å²) in [5.41, 5.74) is 9.80. The van der Waals surface area contributed by atoms with Crippen LogP contribution >= 0.6 is 0 Å². The lowest BCUT2D eigenvalue weighted by molar-refractivity contribution is 0.306. The van der Waals surface area contributed by atoms with Crippen molar-refractivity contribution >= 4 is 37.8 Å². The van der Waals surface area contributed by atoms with Gasteiger partial charge in [0.25, 0.3) is 0 Å². The lowest BCUT2D eigenvalue weighted by Gasteiger charge is -2.12. The zero-order valence-corrected chi connectivity index (χ0v) is 19.7. The van der Waals surface area contributed by atoms with Gasteiger partial charge < -0.3 is 15.0 Å². The maximum atomic E-state index is 11.3. The van der Waals surface area contributed by atoms with Crippen molar-refractivity contribution in [3.8, 4) is 5.75 Å². The number of imidazole rings is 1. The van der Waals surface area contributed by atoms with E-state index in [0.29, 0.717) is 24.5 Å². The Balaban J connectivity index is 1.61. The zero-order chi connectivity index (χ0) is 23.4. The van der Waals surface area contributed by atoms with Gasteiger partial charge in [-0.25, -0.2) is 23.1 Å². The second-order valence-corrected chi connectivity index (χ2v) is 9.89. The zero-order valence-electron chi connectivity index (χ0n) is 18.9. The minimum Gasteiger partial charge on any atom is -0.489 e. The number of hydrogen-bond donors (Lipinski definition) is 2. The lowest BCUT2D eigenvalue weighted by Crippen LogP contribution is -2.23. The predicted octanol–water partition coefficient (Wildman–Crippen LogP) is 3.64. The lowest BCUT2D eigenvalue weighted by atomic mass is 10.1. The van der Waals surface area contributed by atoms with Crippen molar-refractivity contribution in [3.05, 3.63) is 59.9 Å². The first-order valence-electron chi connectivity index (χ1n) is 11.1. The molecule has 0 unspecified atom stereocenters. The molecule has 0 atom stereocenters. The van der Waals surface area contributed by atoms with E-state index in [1.165, 1.54) is 6.26 Å². The van der Waals surface area contributed by atoms with E-state index >= 15 is 0 Å². The molecule has 0 radical (unpaired) electrons. The number of aryl methyl sites for hydroxylation is 2. The highest BCUT2D eigenvalue weighted by molar-refractivity contribution is 7.88. The minimum absolute atomic E-state index is 0.393. The molecule has 8 nitrogen and oxygen atoms in total. The van der Waals surface area contributed by atoms with Gasteiger partial charge in [0.1, 0.15) is 23.7 Å². The highest BCUT2D eigenvalue weighted by Gasteiger charge is 2.17. The molecule has 0 aliphatic carbocycles. The van der Waals surface area contributed by atoms with Gasteiger partial charge in [0.15, 0.2) is 5.82 Å². The van der Waals surface area contributed by atoms with E-state index in [2.05, 4.69) is 21.2 Å². The van der Waals surface area contributed by atoms with Crippen molar-refractivity contribution in [2.45, 2.75) is 39.3 Å². The third-order valence-corrected chi connectivity index (χ3v) is 6.22. The van der Waals surface area contributed by atoms with Gasteiger partial charge in [-0.05, 0) is 30.5 Å². The molecule has 2 heterocycles. The number of rotatable bonds is 10. The average Bonchev–Trinajstić information content (AvgIpc) is 3.17. The van der Waals surface area contributed by atoms with Crippen molar-refractivity contribution in [2.75, 3.05) is 18.5 Å². The Bertz CT molecular complexity index is 1370. The summed E-state index contributed by atoms with van der Waals surface area (Å²) in [7, 11) is -3.17. The van der Waals surface area contributed by atoms with Gasteiger partial charge in [0.2, 0.25) is 10.0 Å². The molecule has 2 aromatic carbocycles. The fraction of sp³-hybridized carbons (Fsp3) is 0.333. The van der Waals surface area contributed by atoms with E-state index in [-0.39, 0.29) is 0 Å². The number of hydrogen-bond acceptors (Lipinski definition) is 6. The molecule has 0 bridgehead atoms. The number of ether oxygens (including phenoxy) is 1. The smallest absolute Gasteiger partial charge is 0.208 e. The summed E-state index contributed by atoms with van der Waals surface area (Å²) in [6, 6.07) is 15.9. The number of nitrogen functional groups attached to an aromatic ring is 1. The largest absolute Gasteiger partial charge is 0.489 e. The summed E-state index contributed by atoms with van der Waals surface area (Å²) in [5, 5.41) is 0.965. The summed E-state index contributed by atoms with van der Waals surface area (Å²) in [5.74, 6) is 2.06. The van der Waals surface area contributed by atoms with Crippen LogP contribution < -0.4 is 15.2 Å². The Morgan fingerprint density at radius 3 is 2.61 bits per heavy atom. The number of nitrogens with two attached hydrogens (primary N) is 1. The molecule has 0 fully saturated rings. The van der Waals surface area contributed by atoms with Crippen LogP contribution in [0.3, 0.4) is 0 Å². The molecule has 4 rings (SSSR count). The molecular formula is C24H29N5O3S. The molecule has 9 heteroatoms. The van der Waals surface area contributed by atoms with E-state index in [4.69, 9.17) is 15.5 Å². The fourth-order valence-corrected chi connectivity index (χ4v) is 4.45. The molecular weight excluding hydrogens is 438 g/mol. The topological polar surface area (TPSA) is 112 Å². The van der Waals surface area contributed by atoms with Gasteiger partial charge in [0, 0.05) is 31.0 Å². The Hall–Kier alpha value is -3.17. The van der Waals surface area contributed by atoms with Crippen LogP contribution in [0, 0.1) is 0 Å². The third kappa shape index (κ3) is 5.43. The molecule has 4 aromatic rings. The van der Waals surface area contributed by atoms with Gasteiger partial charge >= 0.3 is 0 Å². The second kappa shape index (κ2) is 9.76. The fourth-order valence-electron chi connectivity index (χ4n) is 3.93. The molecule has 0 saturated carbocycles. The third-order valence-electron chi connectivity index (χ3n) is 5.49. The molecule has 0 saturated heterocycles. The maximum Gasteiger partial charge on any atom is 0.208 e. The predicted molar refractivity (Wildman–Crippen MR) is 132 cm³/mol. The van der Waals surface area contributed by atoms with Crippen molar-refractivity contribution in [1.82, 2.24) is 19.3 Å². The minimum atomic E-state index is -3.17. The van der Waals surface area contributed by atoms with Crippen LogP contribution in [0.25, 0.3) is 21.9 Å². The first kappa shape index (κ1) is 23.0. The van der Waals surface area contributed by atoms with Gasteiger partial charge in [-0.15, -0.1) is 0 Å². The highest BCUT2D eigenvalue weighted by atomic mass is 32.2. The number of benzene rings is 2. The first-order chi connectivity index (χ1) is 15.9. The Labute approximate surface area is 193 Å². The van der Waals surface area contributed by atoms with E-state index in [1.807, 2.05) is 48.5 Å². The van der Waals surface area contributed by atoms with Crippen molar-refractivity contribution in [2.24, 2.45) is 0 Å². The molecule has 2 aromatic heterocycles. The van der Waals surface area contributed by atoms with Crippen LogP contribution in [0.2, 0.25) is 0 Å². The normalized spacial score (nSPS) is 11.9. The molecule has 0 amide bonds. The van der Waals surface area contributed by atoms with E-state index < -0.39 is 10.0 Å². The van der Waals surface area contributed by atoms with Crippen LogP contribution in [0.4, 0.5) is 5.82 Å². The standard InChI is InChI=1S/C24H29N5O3S/c1-3-21-28-22-23(29(21)14-8-7-13-26-33(2,30)31)19-12-11-18(15-20(19)27-24(22)25)32-16-17-9-5-4-6-10-17/h4-6,9-12,15,26H,3,7-8,13-14,16H2,1-2H3,(H2,25,27). The number of pyridine rings is 1. The summed E-state index contributed by atoms with van der Waals surface area (Å²) < 4.78 is 33.2. The van der Waals surface area contributed by atoms with Gasteiger partial charge in [0.05, 0.1) is 17.3 Å². The summed E-state index contributed by atoms with van der Waals surface area (Å²) >= 11 is 0. The Morgan fingerprint density at radius 1 is 1.09 bits per heavy atom. The highest BCUT2D eigenvalue weighted by Crippen LogP contribution is 2.31. The molecule has 0 spiro atoms. The van der Waals surface area contributed by atoms with Crippen molar-refractivity contribution < 1.29 is 13.2 Å². The molecule has 33 heavy (non-hydrogen) atoms. The molecule has 0 aliphatic heterocycles. The first-order valence-corrected chi connectivity index (χ1v) is 12.9. The quantitative estimate of drug-likeness (QED) is 0.344. The number of nitrogens with zero attached hydrogens (tertiary/aromatic N) is 3. The summed E-state index contributed by atoms with van der Waals surface area (Å²) in [6.45, 7) is 3.67. The number of unbranched alkanes of at least 4 members (excludes halogenated alkanes) is 1. The number of anilines is 1. The monoisotopic (exact) mass is 467 g/mol. The SMILES string of the molecule is CCc1nc2c(N)nc3cc(OCc4ccccc4)ccc3c2n1CCCCNS(C)(=O)=O. The van der Waals surface area contributed by atoms with Crippen LogP contribution in [0.1, 0.15) is 31.2 Å². The number of fused-ring (bicyclic) bond motifs is 3. The van der Waals surface area contributed by atoms with E-state index in [0.717, 1.165) is 59.4 Å². The summed E-state index contributed by atoms with van der Waals surface area (Å²) in [4.78, 5) is 9.34. The Kier molecular flexibility index (Phi) is 6.80. The van der Waals surface area contributed by atoms with E-state index in [1.54, 1.807) is 0 Å². The second-order valence-electron chi connectivity index (χ2n) is 8.05. The molecule has 0 aliphatic rings. The number of aromatic nitrogens is 3. The van der Waals surface area contributed by atoms with Crippen molar-refractivity contribution in [1.29, 1.82) is 0 Å². The maximum absolute atomic E-state index is 11.3. The van der Waals surface area contributed by atoms with Crippen molar-refractivity contribution in [3.63, 3.8) is 0 Å². The average molecular weight is 468 g/mol. The van der Waals surface area contributed by atoms with Gasteiger partial charge in [-0.1, -0.05) is 37.3 Å². The van der Waals surface area contributed by atoms with Gasteiger partial charge in [-0.2, -0.15) is 0 Å². The van der Waals surface area contributed by atoms with Gasteiger partial charge in [-0.3, -0.25) is 0 Å². The molecule has 3 N–H and O–H groups in total. The Morgan fingerprint density at radius 2 is 1.88 bits per heavy atom. The summed E-state index contributed by atoms with van der Waals surface area (Å²) in [6.07, 6.45) is 3.47. The van der Waals surface area contributed by atoms with Crippen LogP contribution in [0.15, 0.2) is 48.5 Å². The molecule has 174 valence electrons. The van der Waals surface area contributed by atoms with Crippen LogP contribution in [-0.4, -0.2) is 35.8 Å². The van der Waals surface area contributed by atoms with Crippen LogP contribution in [-0.2, 0) is 29.6 Å². The van der Waals surface area contributed by atoms with Crippen LogP contribution in [0.5, 0.6) is 5.75 Å². The van der Waals surface area contributed by atoms with E-state index in [9.17, 15) is 8.42 Å². The number of sulfonamides is 1. The number of nitrogens with one attached hydrogen (secondary N) is 1.